The third-order valence-electron chi connectivity index (χ3n) is 1.64. The van der Waals surface area contributed by atoms with Crippen molar-refractivity contribution in [2.75, 3.05) is 26.7 Å². The van der Waals surface area contributed by atoms with Crippen molar-refractivity contribution in [3.63, 3.8) is 0 Å². The minimum atomic E-state index is -0.526. The fourth-order valence-electron chi connectivity index (χ4n) is 1.16. The van der Waals surface area contributed by atoms with Crippen molar-refractivity contribution in [3.05, 3.63) is 0 Å². The summed E-state index contributed by atoms with van der Waals surface area (Å²) in [6.07, 6.45) is -0.399. The quantitative estimate of drug-likeness (QED) is 0.646. The maximum atomic E-state index is 10.7. The summed E-state index contributed by atoms with van der Waals surface area (Å²) in [6.45, 7) is 6.54. The largest absolute Gasteiger partial charge is 0.389 e. The smallest absolute Gasteiger partial charge is 0.143 e. The van der Waals surface area contributed by atoms with E-state index in [9.17, 15) is 9.90 Å². The molecule has 0 aromatic carbocycles. The highest BCUT2D eigenvalue weighted by molar-refractivity contribution is 5.77. The summed E-state index contributed by atoms with van der Waals surface area (Å²) in [5, 5.41) is 9.50. The lowest BCUT2D eigenvalue weighted by Gasteiger charge is -2.20. The molecule has 0 spiro atoms. The number of likely N-dealkylation sites (N-methyl/N-ethyl adjacent to an activating group) is 1. The molecular weight excluding hydrogens is 182 g/mol. The van der Waals surface area contributed by atoms with Crippen LogP contribution in [0.25, 0.3) is 0 Å². The Balaban J connectivity index is 3.59. The van der Waals surface area contributed by atoms with E-state index >= 15 is 0 Å². The highest BCUT2D eigenvalue weighted by Gasteiger charge is 2.10. The molecule has 1 atom stereocenters. The zero-order valence-corrected chi connectivity index (χ0v) is 9.49. The Morgan fingerprint density at radius 3 is 2.50 bits per heavy atom. The van der Waals surface area contributed by atoms with E-state index in [1.165, 1.54) is 6.92 Å². The zero-order chi connectivity index (χ0) is 11.1. The molecule has 0 amide bonds. The number of carbonyl (C=O) groups excluding carboxylic acids is 1. The summed E-state index contributed by atoms with van der Waals surface area (Å²) in [7, 11) is 1.81. The van der Waals surface area contributed by atoms with Crippen molar-refractivity contribution >= 4 is 5.78 Å². The second-order valence-electron chi connectivity index (χ2n) is 3.93. The molecule has 4 nitrogen and oxygen atoms in total. The first-order valence-corrected chi connectivity index (χ1v) is 4.89. The number of hydrogen-bond acceptors (Lipinski definition) is 4. The number of Topliss-reactive ketones (excluding diaryl/α,β-unsaturated/α-hetero) is 1. The van der Waals surface area contributed by atoms with Gasteiger partial charge < -0.3 is 9.84 Å². The maximum Gasteiger partial charge on any atom is 0.143 e. The molecule has 0 saturated carbocycles. The summed E-state index contributed by atoms with van der Waals surface area (Å²) in [5.74, 6) is 0.101. The molecule has 0 bridgehead atoms. The zero-order valence-electron chi connectivity index (χ0n) is 9.49. The van der Waals surface area contributed by atoms with Gasteiger partial charge in [0, 0.05) is 6.54 Å². The van der Waals surface area contributed by atoms with Gasteiger partial charge >= 0.3 is 0 Å². The van der Waals surface area contributed by atoms with Crippen molar-refractivity contribution in [2.45, 2.75) is 33.0 Å². The second kappa shape index (κ2) is 6.92. The highest BCUT2D eigenvalue weighted by atomic mass is 16.5. The van der Waals surface area contributed by atoms with E-state index < -0.39 is 6.10 Å². The third-order valence-corrected chi connectivity index (χ3v) is 1.64. The Morgan fingerprint density at radius 1 is 1.50 bits per heavy atom. The van der Waals surface area contributed by atoms with E-state index in [4.69, 9.17) is 4.74 Å². The predicted molar refractivity (Wildman–Crippen MR) is 55.3 cm³/mol. The molecule has 4 heteroatoms. The maximum absolute atomic E-state index is 10.7. The molecule has 14 heavy (non-hydrogen) atoms. The minimum Gasteiger partial charge on any atom is -0.389 e. The van der Waals surface area contributed by atoms with Crippen LogP contribution in [-0.4, -0.2) is 54.7 Å². The molecular formula is C10H21NO3. The summed E-state index contributed by atoms with van der Waals surface area (Å²) >= 11 is 0. The SMILES string of the molecule is CC(=O)CN(C)CC(O)COC(C)C. The fourth-order valence-corrected chi connectivity index (χ4v) is 1.16. The third kappa shape index (κ3) is 8.16. The van der Waals surface area contributed by atoms with Crippen LogP contribution in [0.4, 0.5) is 0 Å². The monoisotopic (exact) mass is 203 g/mol. The van der Waals surface area contributed by atoms with Crippen LogP contribution >= 0.6 is 0 Å². The van der Waals surface area contributed by atoms with Crippen LogP contribution in [-0.2, 0) is 9.53 Å². The van der Waals surface area contributed by atoms with Crippen LogP contribution in [0.5, 0.6) is 0 Å². The lowest BCUT2D eigenvalue weighted by Crippen LogP contribution is -2.35. The van der Waals surface area contributed by atoms with Gasteiger partial charge in [0.15, 0.2) is 0 Å². The second-order valence-corrected chi connectivity index (χ2v) is 3.93. The van der Waals surface area contributed by atoms with Gasteiger partial charge in [-0.3, -0.25) is 9.69 Å². The summed E-state index contributed by atoms with van der Waals surface area (Å²) in [5.41, 5.74) is 0. The molecule has 0 aliphatic carbocycles. The lowest BCUT2D eigenvalue weighted by atomic mass is 10.3. The molecule has 1 unspecified atom stereocenters. The van der Waals surface area contributed by atoms with Gasteiger partial charge in [0.05, 0.1) is 25.4 Å². The number of nitrogens with zero attached hydrogens (tertiary/aromatic N) is 1. The molecule has 0 aliphatic heterocycles. The standard InChI is InChI=1S/C10H21NO3/c1-8(2)14-7-10(13)6-11(4)5-9(3)12/h8,10,13H,5-7H2,1-4H3. The number of aliphatic hydroxyl groups excluding tert-OH is 1. The number of ketones is 1. The van der Waals surface area contributed by atoms with Crippen LogP contribution in [0.3, 0.4) is 0 Å². The van der Waals surface area contributed by atoms with Crippen LogP contribution in [0, 0.1) is 0 Å². The topological polar surface area (TPSA) is 49.8 Å². The number of carbonyl (C=O) groups is 1. The van der Waals surface area contributed by atoms with Crippen molar-refractivity contribution in [1.29, 1.82) is 0 Å². The molecule has 0 fully saturated rings. The summed E-state index contributed by atoms with van der Waals surface area (Å²) in [4.78, 5) is 12.5. The van der Waals surface area contributed by atoms with Crippen molar-refractivity contribution < 1.29 is 14.6 Å². The Labute approximate surface area is 85.9 Å². The number of rotatable bonds is 7. The lowest BCUT2D eigenvalue weighted by molar-refractivity contribution is -0.118. The number of aliphatic hydroxyl groups is 1. The van der Waals surface area contributed by atoms with Gasteiger partial charge in [-0.25, -0.2) is 0 Å². The predicted octanol–water partition coefficient (Wildman–Crippen LogP) is 0.293. The van der Waals surface area contributed by atoms with Crippen LogP contribution < -0.4 is 0 Å². The average Bonchev–Trinajstić information content (AvgIpc) is 1.98. The first-order valence-electron chi connectivity index (χ1n) is 4.89. The summed E-state index contributed by atoms with van der Waals surface area (Å²) < 4.78 is 5.25. The molecule has 0 aromatic rings. The van der Waals surface area contributed by atoms with Crippen molar-refractivity contribution in [2.24, 2.45) is 0 Å². The Kier molecular flexibility index (Phi) is 6.70. The van der Waals surface area contributed by atoms with Gasteiger partial charge in [-0.2, -0.15) is 0 Å². The van der Waals surface area contributed by atoms with E-state index in [-0.39, 0.29) is 11.9 Å². The molecule has 0 aliphatic rings. The normalized spacial score (nSPS) is 13.6. The molecule has 0 aromatic heterocycles. The van der Waals surface area contributed by atoms with Crippen LogP contribution in [0.2, 0.25) is 0 Å². The van der Waals surface area contributed by atoms with E-state index in [2.05, 4.69) is 0 Å². The molecule has 0 saturated heterocycles. The Hall–Kier alpha value is -0.450. The van der Waals surface area contributed by atoms with E-state index in [1.807, 2.05) is 13.8 Å². The van der Waals surface area contributed by atoms with E-state index in [1.54, 1.807) is 11.9 Å². The minimum absolute atomic E-state index is 0.101. The average molecular weight is 203 g/mol. The van der Waals surface area contributed by atoms with Gasteiger partial charge in [-0.05, 0) is 27.8 Å². The molecule has 0 rings (SSSR count). The molecule has 1 N–H and O–H groups in total. The van der Waals surface area contributed by atoms with Crippen LogP contribution in [0.15, 0.2) is 0 Å². The van der Waals surface area contributed by atoms with E-state index in [0.717, 1.165) is 0 Å². The first-order chi connectivity index (χ1) is 6.41. The van der Waals surface area contributed by atoms with Crippen molar-refractivity contribution in [3.8, 4) is 0 Å². The Bertz CT molecular complexity index is 171. The molecule has 84 valence electrons. The van der Waals surface area contributed by atoms with Crippen LogP contribution in [0.1, 0.15) is 20.8 Å². The van der Waals surface area contributed by atoms with Gasteiger partial charge in [-0.15, -0.1) is 0 Å². The first kappa shape index (κ1) is 13.5. The van der Waals surface area contributed by atoms with Gasteiger partial charge in [0.1, 0.15) is 5.78 Å². The summed E-state index contributed by atoms with van der Waals surface area (Å²) in [6, 6.07) is 0. The van der Waals surface area contributed by atoms with Crippen molar-refractivity contribution in [1.82, 2.24) is 4.90 Å². The highest BCUT2D eigenvalue weighted by Crippen LogP contribution is 1.94. The number of ether oxygens (including phenoxy) is 1. The molecule has 0 radical (unpaired) electrons. The number of hydrogen-bond donors (Lipinski definition) is 1. The Morgan fingerprint density at radius 2 is 2.07 bits per heavy atom. The fraction of sp³-hybridized carbons (Fsp3) is 0.900. The van der Waals surface area contributed by atoms with Gasteiger partial charge in [-0.1, -0.05) is 0 Å². The van der Waals surface area contributed by atoms with E-state index in [0.29, 0.717) is 19.7 Å². The van der Waals surface area contributed by atoms with Gasteiger partial charge in [0.2, 0.25) is 0 Å². The van der Waals surface area contributed by atoms with Gasteiger partial charge in [0.25, 0.3) is 0 Å². The molecule has 0 heterocycles.